The summed E-state index contributed by atoms with van der Waals surface area (Å²) in [6, 6.07) is 0.255. The van der Waals surface area contributed by atoms with Gasteiger partial charge in [0.2, 0.25) is 0 Å². The molecule has 0 bridgehead atoms. The van der Waals surface area contributed by atoms with E-state index in [1.807, 2.05) is 19.6 Å². The van der Waals surface area contributed by atoms with Gasteiger partial charge in [0.15, 0.2) is 0 Å². The van der Waals surface area contributed by atoms with Crippen LogP contribution in [-0.4, -0.2) is 9.55 Å². The quantitative estimate of drug-likeness (QED) is 0.466. The first kappa shape index (κ1) is 11.6. The third kappa shape index (κ3) is 2.44. The van der Waals surface area contributed by atoms with Gasteiger partial charge in [-0.15, -0.1) is 0 Å². The van der Waals surface area contributed by atoms with Crippen LogP contribution >= 0.6 is 0 Å². The molecule has 3 N–H and O–H groups in total. The summed E-state index contributed by atoms with van der Waals surface area (Å²) in [7, 11) is 2.03. The predicted octanol–water partition coefficient (Wildman–Crippen LogP) is 1.89. The van der Waals surface area contributed by atoms with E-state index in [1.54, 1.807) is 0 Å². The minimum Gasteiger partial charge on any atom is -0.336 e. The first-order valence-electron chi connectivity index (χ1n) is 6.25. The Morgan fingerprint density at radius 3 is 2.56 bits per heavy atom. The summed E-state index contributed by atoms with van der Waals surface area (Å²) in [4.78, 5) is 4.18. The van der Waals surface area contributed by atoms with Gasteiger partial charge in [-0.25, -0.2) is 4.98 Å². The van der Waals surface area contributed by atoms with Crippen molar-refractivity contribution in [1.29, 1.82) is 0 Å². The summed E-state index contributed by atoms with van der Waals surface area (Å²) in [6.45, 7) is 0. The lowest BCUT2D eigenvalue weighted by atomic mass is 9.90. The highest BCUT2D eigenvalue weighted by atomic mass is 15.3. The third-order valence-corrected chi connectivity index (χ3v) is 3.72. The van der Waals surface area contributed by atoms with E-state index in [-0.39, 0.29) is 6.04 Å². The van der Waals surface area contributed by atoms with E-state index >= 15 is 0 Å². The molecule has 1 aromatic rings. The van der Waals surface area contributed by atoms with Gasteiger partial charge in [0, 0.05) is 13.2 Å². The monoisotopic (exact) mass is 222 g/mol. The summed E-state index contributed by atoms with van der Waals surface area (Å²) in [5.74, 6) is 6.38. The lowest BCUT2D eigenvalue weighted by Crippen LogP contribution is -2.34. The zero-order valence-electron chi connectivity index (χ0n) is 10.0. The van der Waals surface area contributed by atoms with Crippen LogP contribution in [0.25, 0.3) is 0 Å². The molecule has 1 heterocycles. The predicted molar refractivity (Wildman–Crippen MR) is 64.5 cm³/mol. The number of nitrogens with zero attached hydrogens (tertiary/aromatic N) is 2. The van der Waals surface area contributed by atoms with Crippen molar-refractivity contribution >= 4 is 0 Å². The number of hydrogen-bond donors (Lipinski definition) is 2. The van der Waals surface area contributed by atoms with Crippen molar-refractivity contribution in [2.24, 2.45) is 18.8 Å². The van der Waals surface area contributed by atoms with Crippen molar-refractivity contribution in [3.63, 3.8) is 0 Å². The highest BCUT2D eigenvalue weighted by molar-refractivity contribution is 5.06. The molecule has 0 radical (unpaired) electrons. The van der Waals surface area contributed by atoms with Gasteiger partial charge in [-0.1, -0.05) is 25.7 Å². The standard InChI is InChI=1S/C12H22N4/c1-16-9-14-8-11(16)12(15-13)10-6-4-2-3-5-7-10/h8-10,12,15H,2-7,13H2,1H3. The average Bonchev–Trinajstić information content (AvgIpc) is 2.57. The van der Waals surface area contributed by atoms with Gasteiger partial charge in [-0.2, -0.15) is 0 Å². The van der Waals surface area contributed by atoms with Crippen molar-refractivity contribution in [1.82, 2.24) is 15.0 Å². The van der Waals surface area contributed by atoms with Crippen LogP contribution in [0.5, 0.6) is 0 Å². The van der Waals surface area contributed by atoms with Crippen molar-refractivity contribution in [3.8, 4) is 0 Å². The van der Waals surface area contributed by atoms with Gasteiger partial charge < -0.3 is 4.57 Å². The van der Waals surface area contributed by atoms with Gasteiger partial charge in [0.1, 0.15) is 0 Å². The topological polar surface area (TPSA) is 55.9 Å². The highest BCUT2D eigenvalue weighted by Gasteiger charge is 2.25. The molecule has 1 aromatic heterocycles. The molecule has 1 aliphatic rings. The van der Waals surface area contributed by atoms with Crippen LogP contribution < -0.4 is 11.3 Å². The van der Waals surface area contributed by atoms with Gasteiger partial charge in [-0.3, -0.25) is 11.3 Å². The summed E-state index contributed by atoms with van der Waals surface area (Å²) in [6.07, 6.45) is 11.7. The Balaban J connectivity index is 2.12. The van der Waals surface area contributed by atoms with Crippen LogP contribution in [0.1, 0.15) is 50.3 Å². The van der Waals surface area contributed by atoms with Crippen molar-refractivity contribution in [2.75, 3.05) is 0 Å². The first-order valence-corrected chi connectivity index (χ1v) is 6.25. The summed E-state index contributed by atoms with van der Waals surface area (Å²) in [5, 5.41) is 0. The molecule has 4 heteroatoms. The van der Waals surface area contributed by atoms with Crippen molar-refractivity contribution in [2.45, 2.75) is 44.6 Å². The molecule has 1 saturated carbocycles. The highest BCUT2D eigenvalue weighted by Crippen LogP contribution is 2.32. The molecule has 1 fully saturated rings. The molecule has 1 atom stereocenters. The minimum atomic E-state index is 0.255. The number of nitrogens with one attached hydrogen (secondary N) is 1. The zero-order chi connectivity index (χ0) is 11.4. The Kier molecular flexibility index (Phi) is 3.96. The lowest BCUT2D eigenvalue weighted by Gasteiger charge is -2.25. The SMILES string of the molecule is Cn1cncc1C(NN)C1CCCCCC1. The molecular formula is C12H22N4. The normalized spacial score (nSPS) is 20.6. The molecule has 1 unspecified atom stereocenters. The second kappa shape index (κ2) is 5.46. The summed E-state index contributed by atoms with van der Waals surface area (Å²) < 4.78 is 2.06. The van der Waals surface area contributed by atoms with Gasteiger partial charge in [0.05, 0.1) is 18.1 Å². The smallest absolute Gasteiger partial charge is 0.0946 e. The van der Waals surface area contributed by atoms with Crippen molar-refractivity contribution < 1.29 is 0 Å². The fraction of sp³-hybridized carbons (Fsp3) is 0.750. The lowest BCUT2D eigenvalue weighted by molar-refractivity contribution is 0.318. The molecule has 16 heavy (non-hydrogen) atoms. The fourth-order valence-electron chi connectivity index (χ4n) is 2.77. The molecule has 0 spiro atoms. The number of aromatic nitrogens is 2. The largest absolute Gasteiger partial charge is 0.336 e. The summed E-state index contributed by atoms with van der Waals surface area (Å²) >= 11 is 0. The molecule has 0 aromatic carbocycles. The van der Waals surface area contributed by atoms with E-state index < -0.39 is 0 Å². The molecule has 90 valence electrons. The second-order valence-corrected chi connectivity index (χ2v) is 4.83. The first-order chi connectivity index (χ1) is 7.83. The molecular weight excluding hydrogens is 200 g/mol. The van der Waals surface area contributed by atoms with E-state index in [2.05, 4.69) is 15.0 Å². The van der Waals surface area contributed by atoms with E-state index in [9.17, 15) is 0 Å². The third-order valence-electron chi connectivity index (χ3n) is 3.72. The van der Waals surface area contributed by atoms with E-state index in [4.69, 9.17) is 5.84 Å². The number of hydrogen-bond acceptors (Lipinski definition) is 3. The Hall–Kier alpha value is -0.870. The Bertz CT molecular complexity index is 313. The Labute approximate surface area is 97.2 Å². The van der Waals surface area contributed by atoms with Crippen LogP contribution in [0.3, 0.4) is 0 Å². The number of imidazole rings is 1. The van der Waals surface area contributed by atoms with Gasteiger partial charge >= 0.3 is 0 Å². The van der Waals surface area contributed by atoms with E-state index in [1.165, 1.54) is 44.2 Å². The Morgan fingerprint density at radius 1 is 1.38 bits per heavy atom. The number of aryl methyl sites for hydroxylation is 1. The summed E-state index contributed by atoms with van der Waals surface area (Å²) in [5.41, 5.74) is 4.19. The van der Waals surface area contributed by atoms with E-state index in [0.717, 1.165) is 0 Å². The average molecular weight is 222 g/mol. The molecule has 0 saturated heterocycles. The maximum atomic E-state index is 5.72. The number of hydrazine groups is 1. The zero-order valence-corrected chi connectivity index (χ0v) is 10.0. The van der Waals surface area contributed by atoms with Crippen molar-refractivity contribution in [3.05, 3.63) is 18.2 Å². The fourth-order valence-corrected chi connectivity index (χ4v) is 2.77. The second-order valence-electron chi connectivity index (χ2n) is 4.83. The maximum Gasteiger partial charge on any atom is 0.0946 e. The number of rotatable bonds is 3. The molecule has 4 nitrogen and oxygen atoms in total. The van der Waals surface area contributed by atoms with E-state index in [0.29, 0.717) is 5.92 Å². The molecule has 0 aliphatic heterocycles. The van der Waals surface area contributed by atoms with Crippen LogP contribution in [0.4, 0.5) is 0 Å². The number of nitrogens with two attached hydrogens (primary N) is 1. The van der Waals surface area contributed by atoms with Crippen LogP contribution in [0.2, 0.25) is 0 Å². The molecule has 1 aliphatic carbocycles. The van der Waals surface area contributed by atoms with Gasteiger partial charge in [0.25, 0.3) is 0 Å². The minimum absolute atomic E-state index is 0.255. The maximum absolute atomic E-state index is 5.72. The van der Waals surface area contributed by atoms with Crippen LogP contribution in [0.15, 0.2) is 12.5 Å². The van der Waals surface area contributed by atoms with Gasteiger partial charge in [-0.05, 0) is 18.8 Å². The molecule has 2 rings (SSSR count). The van der Waals surface area contributed by atoms with Crippen LogP contribution in [0, 0.1) is 5.92 Å². The van der Waals surface area contributed by atoms with Crippen LogP contribution in [-0.2, 0) is 7.05 Å². The Morgan fingerprint density at radius 2 is 2.06 bits per heavy atom. The molecule has 0 amide bonds.